The number of nitrogens with zero attached hydrogens (tertiary/aromatic N) is 5. The van der Waals surface area contributed by atoms with Crippen LogP contribution >= 0.6 is 0 Å². The number of aryl methyl sites for hydroxylation is 2. The Bertz CT molecular complexity index is 1330. The first-order valence-electron chi connectivity index (χ1n) is 9.51. The molecule has 7 nitrogen and oxygen atoms in total. The molecule has 2 heterocycles. The summed E-state index contributed by atoms with van der Waals surface area (Å²) in [5, 5.41) is 6.47. The fourth-order valence-electron chi connectivity index (χ4n) is 3.20. The second-order valence-corrected chi connectivity index (χ2v) is 7.10. The van der Waals surface area contributed by atoms with Gasteiger partial charge in [0.05, 0.1) is 30.4 Å². The molecule has 33 heavy (non-hydrogen) atoms. The van der Waals surface area contributed by atoms with Gasteiger partial charge in [0.1, 0.15) is 17.3 Å². The molecule has 1 N–H and O–H groups in total. The van der Waals surface area contributed by atoms with E-state index in [1.165, 1.54) is 14.2 Å². The highest BCUT2D eigenvalue weighted by Crippen LogP contribution is 2.36. The van der Waals surface area contributed by atoms with Crippen molar-refractivity contribution < 1.29 is 26.7 Å². The third-order valence-electron chi connectivity index (χ3n) is 4.82. The topological polar surface area (TPSA) is 69.8 Å². The highest BCUT2D eigenvalue weighted by Gasteiger charge is 2.36. The molecule has 4 rings (SSSR count). The van der Waals surface area contributed by atoms with Gasteiger partial charge in [-0.2, -0.15) is 18.2 Å². The number of hydrogen-bond donors (Lipinski definition) is 1. The van der Waals surface area contributed by atoms with E-state index in [4.69, 9.17) is 4.74 Å². The van der Waals surface area contributed by atoms with E-state index in [0.29, 0.717) is 29.1 Å². The summed E-state index contributed by atoms with van der Waals surface area (Å²) in [6.45, 7) is 1.85. The zero-order valence-corrected chi connectivity index (χ0v) is 17.6. The lowest BCUT2D eigenvalue weighted by molar-refractivity contribution is -0.139. The van der Waals surface area contributed by atoms with Gasteiger partial charge in [0.2, 0.25) is 5.95 Å². The van der Waals surface area contributed by atoms with Gasteiger partial charge in [-0.1, -0.05) is 0 Å². The number of benzene rings is 2. The molecule has 12 heteroatoms. The Balaban J connectivity index is 1.69. The first kappa shape index (κ1) is 22.2. The molecule has 0 spiro atoms. The molecule has 0 saturated carbocycles. The van der Waals surface area contributed by atoms with Crippen LogP contribution in [-0.2, 0) is 13.2 Å². The molecule has 172 valence electrons. The predicted molar refractivity (Wildman–Crippen MR) is 109 cm³/mol. The molecular weight excluding hydrogens is 447 g/mol. The highest BCUT2D eigenvalue weighted by molar-refractivity contribution is 5.65. The smallest absolute Gasteiger partial charge is 0.419 e. The number of ether oxygens (including phenoxy) is 1. The van der Waals surface area contributed by atoms with Crippen LogP contribution in [0.2, 0.25) is 0 Å². The van der Waals surface area contributed by atoms with Gasteiger partial charge in [-0.3, -0.25) is 0 Å². The molecule has 0 amide bonds. The van der Waals surface area contributed by atoms with Crippen LogP contribution in [0.15, 0.2) is 42.9 Å². The van der Waals surface area contributed by atoms with Crippen molar-refractivity contribution in [2.45, 2.75) is 13.1 Å². The van der Waals surface area contributed by atoms with Crippen LogP contribution < -0.4 is 10.1 Å². The predicted octanol–water partition coefficient (Wildman–Crippen LogP) is 5.03. The largest absolute Gasteiger partial charge is 0.495 e. The SMILES string of the molecule is COc1cc(-c2nc(Nc3c(F)ccc(C(F)(F)F)c3F)n(C)n2)ccc1-n1cnc(C)c1. The Morgan fingerprint density at radius 3 is 2.48 bits per heavy atom. The lowest BCUT2D eigenvalue weighted by Gasteiger charge is -2.13. The number of nitrogens with one attached hydrogen (secondary N) is 1. The van der Waals surface area contributed by atoms with Gasteiger partial charge in [0, 0.05) is 18.8 Å². The first-order valence-corrected chi connectivity index (χ1v) is 9.51. The van der Waals surface area contributed by atoms with E-state index in [1.54, 1.807) is 29.1 Å². The number of rotatable bonds is 5. The third-order valence-corrected chi connectivity index (χ3v) is 4.82. The van der Waals surface area contributed by atoms with Crippen LogP contribution in [0.4, 0.5) is 33.6 Å². The lowest BCUT2D eigenvalue weighted by atomic mass is 10.1. The minimum Gasteiger partial charge on any atom is -0.495 e. The van der Waals surface area contributed by atoms with Gasteiger partial charge < -0.3 is 14.6 Å². The van der Waals surface area contributed by atoms with Gasteiger partial charge in [-0.05, 0) is 37.3 Å². The van der Waals surface area contributed by atoms with E-state index in [9.17, 15) is 22.0 Å². The first-order chi connectivity index (χ1) is 15.6. The van der Waals surface area contributed by atoms with Gasteiger partial charge in [-0.25, -0.2) is 18.4 Å². The number of hydrogen-bond acceptors (Lipinski definition) is 5. The summed E-state index contributed by atoms with van der Waals surface area (Å²) in [5.74, 6) is -2.47. The third kappa shape index (κ3) is 4.23. The van der Waals surface area contributed by atoms with Crippen molar-refractivity contribution in [3.63, 3.8) is 0 Å². The Kier molecular flexibility index (Phi) is 5.52. The normalized spacial score (nSPS) is 11.6. The van der Waals surface area contributed by atoms with E-state index < -0.39 is 29.1 Å². The second kappa shape index (κ2) is 8.19. The van der Waals surface area contributed by atoms with Gasteiger partial charge >= 0.3 is 6.18 Å². The molecule has 0 aliphatic heterocycles. The number of methoxy groups -OCH3 is 1. The monoisotopic (exact) mass is 464 g/mol. The Morgan fingerprint density at radius 1 is 1.09 bits per heavy atom. The summed E-state index contributed by atoms with van der Waals surface area (Å²) >= 11 is 0. The summed E-state index contributed by atoms with van der Waals surface area (Å²) in [6.07, 6.45) is -1.53. The summed E-state index contributed by atoms with van der Waals surface area (Å²) in [7, 11) is 2.92. The summed E-state index contributed by atoms with van der Waals surface area (Å²) in [6, 6.07) is 6.00. The maximum absolute atomic E-state index is 14.4. The molecule has 0 unspecified atom stereocenters. The molecule has 0 aliphatic rings. The minimum atomic E-state index is -4.98. The van der Waals surface area contributed by atoms with E-state index in [-0.39, 0.29) is 11.8 Å². The van der Waals surface area contributed by atoms with Crippen molar-refractivity contribution >= 4 is 11.6 Å². The van der Waals surface area contributed by atoms with E-state index in [1.807, 2.05) is 13.1 Å². The molecule has 0 aliphatic carbocycles. The van der Waals surface area contributed by atoms with E-state index >= 15 is 0 Å². The average molecular weight is 464 g/mol. The van der Waals surface area contributed by atoms with Gasteiger partial charge in [0.15, 0.2) is 11.6 Å². The maximum Gasteiger partial charge on any atom is 0.419 e. The minimum absolute atomic E-state index is 0.157. The van der Waals surface area contributed by atoms with Crippen molar-refractivity contribution in [3.05, 3.63) is 65.7 Å². The molecule has 4 aromatic rings. The standard InChI is InChI=1S/C21H17F5N6O/c1-11-9-32(10-27-11)15-7-4-12(8-16(15)33-3)19-29-20(31(2)30-19)28-18-14(22)6-5-13(17(18)23)21(24,25)26/h4-10H,1-3H3,(H,28,29,30). The van der Waals surface area contributed by atoms with Crippen LogP contribution in [0, 0.1) is 18.6 Å². The molecule has 0 saturated heterocycles. The Morgan fingerprint density at radius 2 is 1.85 bits per heavy atom. The zero-order valence-electron chi connectivity index (χ0n) is 17.6. The number of alkyl halides is 3. The van der Waals surface area contributed by atoms with Crippen LogP contribution in [0.5, 0.6) is 5.75 Å². The van der Waals surface area contributed by atoms with Crippen molar-refractivity contribution in [1.29, 1.82) is 0 Å². The van der Waals surface area contributed by atoms with Gasteiger partial charge in [-0.15, -0.1) is 5.10 Å². The number of halogens is 5. The zero-order chi connectivity index (χ0) is 23.9. The molecule has 0 atom stereocenters. The molecule has 0 radical (unpaired) electrons. The Labute approximate surface area is 184 Å². The summed E-state index contributed by atoms with van der Waals surface area (Å²) in [5.41, 5.74) is -0.526. The molecule has 0 bridgehead atoms. The van der Waals surface area contributed by atoms with Crippen molar-refractivity contribution in [3.8, 4) is 22.8 Å². The number of imidazole rings is 1. The lowest BCUT2D eigenvalue weighted by Crippen LogP contribution is -2.12. The number of anilines is 2. The highest BCUT2D eigenvalue weighted by atomic mass is 19.4. The Hall–Kier alpha value is -3.96. The fourth-order valence-corrected chi connectivity index (χ4v) is 3.20. The van der Waals surface area contributed by atoms with Crippen molar-refractivity contribution in [2.24, 2.45) is 7.05 Å². The number of aromatic nitrogens is 5. The summed E-state index contributed by atoms with van der Waals surface area (Å²) in [4.78, 5) is 8.36. The van der Waals surface area contributed by atoms with Crippen molar-refractivity contribution in [1.82, 2.24) is 24.3 Å². The summed E-state index contributed by atoms with van der Waals surface area (Å²) < 4.78 is 75.9. The van der Waals surface area contributed by atoms with Crippen LogP contribution in [0.25, 0.3) is 17.1 Å². The maximum atomic E-state index is 14.4. The second-order valence-electron chi connectivity index (χ2n) is 7.10. The van der Waals surface area contributed by atoms with Crippen LogP contribution in [0.1, 0.15) is 11.3 Å². The van der Waals surface area contributed by atoms with E-state index in [2.05, 4.69) is 20.4 Å². The van der Waals surface area contributed by atoms with Crippen molar-refractivity contribution in [2.75, 3.05) is 12.4 Å². The molecule has 2 aromatic carbocycles. The molecule has 2 aromatic heterocycles. The quantitative estimate of drug-likeness (QED) is 0.420. The molecule has 0 fully saturated rings. The van der Waals surface area contributed by atoms with E-state index in [0.717, 1.165) is 10.4 Å². The average Bonchev–Trinajstić information content (AvgIpc) is 3.35. The fraction of sp³-hybridized carbons (Fsp3) is 0.190. The molecular formula is C21H17F5N6O. The van der Waals surface area contributed by atoms with Crippen LogP contribution in [0.3, 0.4) is 0 Å². The van der Waals surface area contributed by atoms with Gasteiger partial charge in [0.25, 0.3) is 0 Å². The van der Waals surface area contributed by atoms with Crippen LogP contribution in [-0.4, -0.2) is 31.4 Å².